The van der Waals surface area contributed by atoms with Crippen LogP contribution in [0.5, 0.6) is 0 Å². The third kappa shape index (κ3) is 6.07. The Morgan fingerprint density at radius 3 is 2.24 bits per heavy atom. The second-order valence-corrected chi connectivity index (χ2v) is 7.29. The molecule has 0 unspecified atom stereocenters. The number of hydrazine groups is 1. The molecule has 1 aliphatic rings. The zero-order chi connectivity index (χ0) is 20.6. The van der Waals surface area contributed by atoms with E-state index in [0.717, 1.165) is 31.2 Å². The summed E-state index contributed by atoms with van der Waals surface area (Å²) in [7, 11) is 0. The molecule has 29 heavy (non-hydrogen) atoms. The van der Waals surface area contributed by atoms with Crippen molar-refractivity contribution in [2.24, 2.45) is 0 Å². The summed E-state index contributed by atoms with van der Waals surface area (Å²) >= 11 is 0. The number of nitrogens with one attached hydrogen (secondary N) is 4. The van der Waals surface area contributed by atoms with Gasteiger partial charge in [-0.25, -0.2) is 10.2 Å². The SMILES string of the molecule is Cc1cccc(C(=O)Nc2ccc(C(=O)NNC(=O)NC3CCCCC3)cc2)c1. The van der Waals surface area contributed by atoms with Crippen molar-refractivity contribution in [1.82, 2.24) is 16.2 Å². The van der Waals surface area contributed by atoms with Crippen LogP contribution in [0.3, 0.4) is 0 Å². The minimum absolute atomic E-state index is 0.164. The van der Waals surface area contributed by atoms with Crippen LogP contribution in [0.1, 0.15) is 58.4 Å². The molecule has 7 nitrogen and oxygen atoms in total. The molecule has 7 heteroatoms. The van der Waals surface area contributed by atoms with Crippen LogP contribution in [0.15, 0.2) is 48.5 Å². The molecule has 0 aliphatic heterocycles. The van der Waals surface area contributed by atoms with Gasteiger partial charge in [-0.05, 0) is 56.2 Å². The molecule has 1 fully saturated rings. The Morgan fingerprint density at radius 1 is 0.828 bits per heavy atom. The lowest BCUT2D eigenvalue weighted by atomic mass is 9.96. The van der Waals surface area contributed by atoms with Crippen molar-refractivity contribution in [3.05, 3.63) is 65.2 Å². The van der Waals surface area contributed by atoms with Gasteiger partial charge >= 0.3 is 6.03 Å². The van der Waals surface area contributed by atoms with Crippen LogP contribution in [-0.2, 0) is 0 Å². The van der Waals surface area contributed by atoms with Crippen LogP contribution in [0, 0.1) is 6.92 Å². The maximum absolute atomic E-state index is 12.3. The van der Waals surface area contributed by atoms with Crippen molar-refractivity contribution in [3.63, 3.8) is 0 Å². The number of carbonyl (C=O) groups excluding carboxylic acids is 3. The summed E-state index contributed by atoms with van der Waals surface area (Å²) in [6, 6.07) is 13.5. The number of urea groups is 1. The molecule has 0 spiro atoms. The Balaban J connectivity index is 1.48. The number of benzene rings is 2. The molecule has 1 saturated carbocycles. The Labute approximate surface area is 170 Å². The highest BCUT2D eigenvalue weighted by molar-refractivity contribution is 6.04. The summed E-state index contributed by atoms with van der Waals surface area (Å²) in [5, 5.41) is 5.66. The molecule has 0 atom stereocenters. The zero-order valence-corrected chi connectivity index (χ0v) is 16.5. The van der Waals surface area contributed by atoms with Crippen molar-refractivity contribution in [3.8, 4) is 0 Å². The van der Waals surface area contributed by atoms with Gasteiger partial charge in [0.15, 0.2) is 0 Å². The highest BCUT2D eigenvalue weighted by Gasteiger charge is 2.16. The van der Waals surface area contributed by atoms with Gasteiger partial charge in [0.05, 0.1) is 0 Å². The number of aryl methyl sites for hydroxylation is 1. The molecule has 0 bridgehead atoms. The Bertz CT molecular complexity index is 874. The van der Waals surface area contributed by atoms with E-state index >= 15 is 0 Å². The minimum atomic E-state index is -0.430. The van der Waals surface area contributed by atoms with Crippen LogP contribution >= 0.6 is 0 Å². The number of carbonyl (C=O) groups is 3. The van der Waals surface area contributed by atoms with Crippen molar-refractivity contribution in [2.75, 3.05) is 5.32 Å². The maximum Gasteiger partial charge on any atom is 0.333 e. The second-order valence-electron chi connectivity index (χ2n) is 7.29. The topological polar surface area (TPSA) is 99.3 Å². The average Bonchev–Trinajstić information content (AvgIpc) is 2.73. The predicted molar refractivity (Wildman–Crippen MR) is 112 cm³/mol. The molecular formula is C22H26N4O3. The van der Waals surface area contributed by atoms with E-state index in [1.807, 2.05) is 19.1 Å². The van der Waals surface area contributed by atoms with E-state index in [-0.39, 0.29) is 11.9 Å². The van der Waals surface area contributed by atoms with Gasteiger partial charge in [-0.15, -0.1) is 0 Å². The van der Waals surface area contributed by atoms with Crippen LogP contribution in [0.25, 0.3) is 0 Å². The van der Waals surface area contributed by atoms with E-state index in [2.05, 4.69) is 21.5 Å². The normalized spacial score (nSPS) is 14.0. The van der Waals surface area contributed by atoms with E-state index in [1.54, 1.807) is 36.4 Å². The molecule has 2 aromatic carbocycles. The molecule has 152 valence electrons. The Kier molecular flexibility index (Phi) is 6.84. The van der Waals surface area contributed by atoms with Gasteiger partial charge in [0, 0.05) is 22.9 Å². The fourth-order valence-electron chi connectivity index (χ4n) is 3.35. The molecular weight excluding hydrogens is 368 g/mol. The number of amides is 4. The molecule has 0 saturated heterocycles. The van der Waals surface area contributed by atoms with E-state index in [9.17, 15) is 14.4 Å². The Morgan fingerprint density at radius 2 is 1.55 bits per heavy atom. The summed E-state index contributed by atoms with van der Waals surface area (Å²) in [6.45, 7) is 1.92. The van der Waals surface area contributed by atoms with Crippen LogP contribution in [0.4, 0.5) is 10.5 Å². The number of hydrogen-bond acceptors (Lipinski definition) is 3. The van der Waals surface area contributed by atoms with Crippen molar-refractivity contribution >= 4 is 23.5 Å². The number of rotatable bonds is 4. The fourth-order valence-corrected chi connectivity index (χ4v) is 3.35. The largest absolute Gasteiger partial charge is 0.334 e. The zero-order valence-electron chi connectivity index (χ0n) is 16.5. The molecule has 0 radical (unpaired) electrons. The highest BCUT2D eigenvalue weighted by atomic mass is 16.2. The predicted octanol–water partition coefficient (Wildman–Crippen LogP) is 3.52. The number of anilines is 1. The summed E-state index contributed by atoms with van der Waals surface area (Å²) in [5.74, 6) is -0.646. The van der Waals surface area contributed by atoms with Crippen LogP contribution in [0.2, 0.25) is 0 Å². The Hall–Kier alpha value is -3.35. The van der Waals surface area contributed by atoms with E-state index in [0.29, 0.717) is 16.8 Å². The van der Waals surface area contributed by atoms with Gasteiger partial charge in [0.2, 0.25) is 0 Å². The molecule has 0 aromatic heterocycles. The smallest absolute Gasteiger partial charge is 0.333 e. The lowest BCUT2D eigenvalue weighted by molar-refractivity contribution is 0.0935. The van der Waals surface area contributed by atoms with Gasteiger partial charge in [-0.1, -0.05) is 37.0 Å². The first-order valence-corrected chi connectivity index (χ1v) is 9.86. The standard InChI is InChI=1S/C22H26N4O3/c1-15-6-5-7-17(14-15)20(27)23-19-12-10-16(11-13-19)21(28)25-26-22(29)24-18-8-3-2-4-9-18/h5-7,10-14,18H,2-4,8-9H2,1H3,(H,23,27)(H,25,28)(H2,24,26,29). The summed E-state index contributed by atoms with van der Waals surface area (Å²) in [6.07, 6.45) is 5.38. The summed E-state index contributed by atoms with van der Waals surface area (Å²) in [5.41, 5.74) is 7.30. The van der Waals surface area contributed by atoms with Crippen molar-refractivity contribution < 1.29 is 14.4 Å². The first-order chi connectivity index (χ1) is 14.0. The quantitative estimate of drug-likeness (QED) is 0.597. The highest BCUT2D eigenvalue weighted by Crippen LogP contribution is 2.17. The third-order valence-corrected chi connectivity index (χ3v) is 4.92. The second kappa shape index (κ2) is 9.73. The van der Waals surface area contributed by atoms with Gasteiger partial charge in [-0.3, -0.25) is 15.0 Å². The summed E-state index contributed by atoms with van der Waals surface area (Å²) < 4.78 is 0. The van der Waals surface area contributed by atoms with Crippen molar-refractivity contribution in [2.45, 2.75) is 45.1 Å². The van der Waals surface area contributed by atoms with Gasteiger partial charge in [0.25, 0.3) is 11.8 Å². The minimum Gasteiger partial charge on any atom is -0.334 e. The van der Waals surface area contributed by atoms with Gasteiger partial charge in [-0.2, -0.15) is 0 Å². The number of hydrogen-bond donors (Lipinski definition) is 4. The van der Waals surface area contributed by atoms with Gasteiger partial charge < -0.3 is 10.6 Å². The maximum atomic E-state index is 12.3. The first kappa shape index (κ1) is 20.4. The average molecular weight is 394 g/mol. The van der Waals surface area contributed by atoms with Gasteiger partial charge in [0.1, 0.15) is 0 Å². The lowest BCUT2D eigenvalue weighted by Crippen LogP contribution is -2.50. The van der Waals surface area contributed by atoms with Crippen LogP contribution < -0.4 is 21.5 Å². The summed E-state index contributed by atoms with van der Waals surface area (Å²) in [4.78, 5) is 36.4. The molecule has 0 heterocycles. The molecule has 4 amide bonds. The van der Waals surface area contributed by atoms with E-state index < -0.39 is 11.9 Å². The third-order valence-electron chi connectivity index (χ3n) is 4.92. The van der Waals surface area contributed by atoms with E-state index in [1.165, 1.54) is 6.42 Å². The fraction of sp³-hybridized carbons (Fsp3) is 0.318. The molecule has 2 aromatic rings. The first-order valence-electron chi connectivity index (χ1n) is 9.86. The monoisotopic (exact) mass is 394 g/mol. The van der Waals surface area contributed by atoms with E-state index in [4.69, 9.17) is 0 Å². The molecule has 3 rings (SSSR count). The lowest BCUT2D eigenvalue weighted by Gasteiger charge is -2.22. The van der Waals surface area contributed by atoms with Crippen LogP contribution in [-0.4, -0.2) is 23.9 Å². The molecule has 1 aliphatic carbocycles. The van der Waals surface area contributed by atoms with Crippen molar-refractivity contribution in [1.29, 1.82) is 0 Å². The molecule has 4 N–H and O–H groups in total.